The quantitative estimate of drug-likeness (QED) is 0.948. The molecule has 1 N–H and O–H groups in total. The predicted octanol–water partition coefficient (Wildman–Crippen LogP) is 2.89. The van der Waals surface area contributed by atoms with Crippen molar-refractivity contribution in [3.8, 4) is 0 Å². The second-order valence-electron chi connectivity index (χ2n) is 3.52. The molecule has 0 fully saturated rings. The molecular weight excluding hydrogens is 288 g/mol. The van der Waals surface area contributed by atoms with E-state index in [4.69, 9.17) is 0 Å². The van der Waals surface area contributed by atoms with Crippen LogP contribution in [0.1, 0.15) is 22.4 Å². The summed E-state index contributed by atoms with van der Waals surface area (Å²) in [6.07, 6.45) is 3.46. The van der Waals surface area contributed by atoms with Crippen LogP contribution in [0.3, 0.4) is 0 Å². The van der Waals surface area contributed by atoms with E-state index in [0.717, 1.165) is 20.7 Å². The van der Waals surface area contributed by atoms with E-state index in [1.165, 1.54) is 0 Å². The number of aryl methyl sites for hydroxylation is 1. The second-order valence-corrected chi connectivity index (χ2v) is 5.50. The van der Waals surface area contributed by atoms with Gasteiger partial charge in [-0.3, -0.25) is 4.98 Å². The van der Waals surface area contributed by atoms with E-state index in [1.807, 2.05) is 18.4 Å². The number of thiazole rings is 1. The molecule has 0 spiro atoms. The van der Waals surface area contributed by atoms with Crippen LogP contribution in [0.4, 0.5) is 0 Å². The molecule has 0 aliphatic rings. The van der Waals surface area contributed by atoms with Gasteiger partial charge in [0, 0.05) is 28.7 Å². The van der Waals surface area contributed by atoms with Gasteiger partial charge in [0.05, 0.1) is 10.7 Å². The smallest absolute Gasteiger partial charge is 0.101 e. The minimum atomic E-state index is -0.555. The van der Waals surface area contributed by atoms with E-state index in [-0.39, 0.29) is 0 Å². The van der Waals surface area contributed by atoms with Gasteiger partial charge in [-0.1, -0.05) is 0 Å². The Morgan fingerprint density at radius 3 is 2.94 bits per heavy atom. The first-order valence-electron chi connectivity index (χ1n) is 4.84. The second kappa shape index (κ2) is 5.03. The van der Waals surface area contributed by atoms with Crippen LogP contribution in [0.5, 0.6) is 0 Å². The molecule has 0 bridgehead atoms. The summed E-state index contributed by atoms with van der Waals surface area (Å²) < 4.78 is 0.923. The molecule has 3 nitrogen and oxygen atoms in total. The zero-order chi connectivity index (χ0) is 11.5. The molecule has 5 heteroatoms. The Morgan fingerprint density at radius 1 is 1.50 bits per heavy atom. The van der Waals surface area contributed by atoms with Crippen molar-refractivity contribution >= 4 is 27.3 Å². The van der Waals surface area contributed by atoms with E-state index >= 15 is 0 Å². The summed E-state index contributed by atoms with van der Waals surface area (Å²) in [5, 5.41) is 12.8. The van der Waals surface area contributed by atoms with Crippen molar-refractivity contribution in [2.75, 3.05) is 0 Å². The van der Waals surface area contributed by atoms with Crippen molar-refractivity contribution < 1.29 is 5.11 Å². The highest BCUT2D eigenvalue weighted by atomic mass is 79.9. The van der Waals surface area contributed by atoms with Gasteiger partial charge < -0.3 is 5.11 Å². The highest BCUT2D eigenvalue weighted by Gasteiger charge is 2.11. The van der Waals surface area contributed by atoms with Crippen LogP contribution in [0.2, 0.25) is 0 Å². The molecule has 0 radical (unpaired) electrons. The number of pyridine rings is 1. The van der Waals surface area contributed by atoms with Crippen molar-refractivity contribution in [1.82, 2.24) is 9.97 Å². The molecule has 2 rings (SSSR count). The SMILES string of the molecule is Cc1nc(C(O)Cc2cncc(Br)c2)cs1. The van der Waals surface area contributed by atoms with Crippen LogP contribution in [-0.2, 0) is 6.42 Å². The zero-order valence-corrected chi connectivity index (χ0v) is 11.1. The van der Waals surface area contributed by atoms with Gasteiger partial charge in [0.25, 0.3) is 0 Å². The molecule has 2 aromatic rings. The lowest BCUT2D eigenvalue weighted by Gasteiger charge is -2.07. The molecule has 2 heterocycles. The van der Waals surface area contributed by atoms with Crippen molar-refractivity contribution in [1.29, 1.82) is 0 Å². The summed E-state index contributed by atoms with van der Waals surface area (Å²) in [7, 11) is 0. The van der Waals surface area contributed by atoms with Crippen LogP contribution in [-0.4, -0.2) is 15.1 Å². The lowest BCUT2D eigenvalue weighted by molar-refractivity contribution is 0.174. The van der Waals surface area contributed by atoms with Gasteiger partial charge in [-0.05, 0) is 34.5 Å². The van der Waals surface area contributed by atoms with Crippen LogP contribution in [0.15, 0.2) is 28.3 Å². The molecule has 1 unspecified atom stereocenters. The van der Waals surface area contributed by atoms with E-state index in [0.29, 0.717) is 6.42 Å². The lowest BCUT2D eigenvalue weighted by Crippen LogP contribution is -2.02. The molecule has 0 amide bonds. The average molecular weight is 299 g/mol. The first-order valence-corrected chi connectivity index (χ1v) is 6.52. The number of aromatic nitrogens is 2. The minimum Gasteiger partial charge on any atom is -0.386 e. The fourth-order valence-corrected chi connectivity index (χ4v) is 2.50. The predicted molar refractivity (Wildman–Crippen MR) is 67.5 cm³/mol. The number of halogens is 1. The van der Waals surface area contributed by atoms with Crippen molar-refractivity contribution in [2.24, 2.45) is 0 Å². The summed E-state index contributed by atoms with van der Waals surface area (Å²) in [6.45, 7) is 1.93. The lowest BCUT2D eigenvalue weighted by atomic mass is 10.1. The van der Waals surface area contributed by atoms with Crippen molar-refractivity contribution in [3.05, 3.63) is 44.6 Å². The maximum atomic E-state index is 9.98. The third-order valence-corrected chi connectivity index (χ3v) is 3.39. The summed E-state index contributed by atoms with van der Waals surface area (Å²) in [6, 6.07) is 1.95. The first-order chi connectivity index (χ1) is 7.65. The number of hydrogen-bond donors (Lipinski definition) is 1. The monoisotopic (exact) mass is 298 g/mol. The standard InChI is InChI=1S/C11H11BrN2OS/c1-7-14-10(6-16-7)11(15)3-8-2-9(12)5-13-4-8/h2,4-6,11,15H,3H2,1H3. The van der Waals surface area contributed by atoms with Gasteiger partial charge in [-0.2, -0.15) is 0 Å². The number of hydrogen-bond acceptors (Lipinski definition) is 4. The molecule has 2 aromatic heterocycles. The molecule has 0 aliphatic carbocycles. The number of aliphatic hydroxyl groups is 1. The zero-order valence-electron chi connectivity index (χ0n) is 8.72. The van der Waals surface area contributed by atoms with Crippen molar-refractivity contribution in [2.45, 2.75) is 19.4 Å². The summed E-state index contributed by atoms with van der Waals surface area (Å²) in [4.78, 5) is 8.33. The Hall–Kier alpha value is -0.780. The van der Waals surface area contributed by atoms with Crippen LogP contribution in [0.25, 0.3) is 0 Å². The fourth-order valence-electron chi connectivity index (χ4n) is 1.43. The first kappa shape index (κ1) is 11.7. The van der Waals surface area contributed by atoms with Gasteiger partial charge in [-0.15, -0.1) is 11.3 Å². The van der Waals surface area contributed by atoms with E-state index in [2.05, 4.69) is 25.9 Å². The fraction of sp³-hybridized carbons (Fsp3) is 0.273. The Bertz CT molecular complexity index is 486. The van der Waals surface area contributed by atoms with Gasteiger partial charge in [0.15, 0.2) is 0 Å². The van der Waals surface area contributed by atoms with Gasteiger partial charge in [-0.25, -0.2) is 4.98 Å². The molecule has 0 saturated carbocycles. The van der Waals surface area contributed by atoms with Crippen molar-refractivity contribution in [3.63, 3.8) is 0 Å². The maximum absolute atomic E-state index is 9.98. The van der Waals surface area contributed by atoms with Gasteiger partial charge in [0.2, 0.25) is 0 Å². The third kappa shape index (κ3) is 2.87. The van der Waals surface area contributed by atoms with E-state index < -0.39 is 6.10 Å². The third-order valence-electron chi connectivity index (χ3n) is 2.17. The molecular formula is C11H11BrN2OS. The molecule has 1 atom stereocenters. The van der Waals surface area contributed by atoms with E-state index in [1.54, 1.807) is 23.7 Å². The van der Waals surface area contributed by atoms with Crippen LogP contribution in [0, 0.1) is 6.92 Å². The maximum Gasteiger partial charge on any atom is 0.101 e. The van der Waals surface area contributed by atoms with Gasteiger partial charge in [0.1, 0.15) is 6.10 Å². The highest BCUT2D eigenvalue weighted by Crippen LogP contribution is 2.21. The largest absolute Gasteiger partial charge is 0.386 e. The average Bonchev–Trinajstić information content (AvgIpc) is 2.65. The summed E-state index contributed by atoms with van der Waals surface area (Å²) >= 11 is 4.91. The Labute approximate surface area is 106 Å². The van der Waals surface area contributed by atoms with Crippen LogP contribution >= 0.6 is 27.3 Å². The molecule has 0 aliphatic heterocycles. The van der Waals surface area contributed by atoms with E-state index in [9.17, 15) is 5.11 Å². The summed E-state index contributed by atoms with van der Waals surface area (Å²) in [5.41, 5.74) is 1.73. The Balaban J connectivity index is 2.10. The summed E-state index contributed by atoms with van der Waals surface area (Å²) in [5.74, 6) is 0. The Morgan fingerprint density at radius 2 is 2.31 bits per heavy atom. The van der Waals surface area contributed by atoms with Gasteiger partial charge >= 0.3 is 0 Å². The molecule has 0 aromatic carbocycles. The van der Waals surface area contributed by atoms with Crippen LogP contribution < -0.4 is 0 Å². The molecule has 16 heavy (non-hydrogen) atoms. The Kier molecular flexibility index (Phi) is 3.68. The topological polar surface area (TPSA) is 46.0 Å². The number of rotatable bonds is 3. The highest BCUT2D eigenvalue weighted by molar-refractivity contribution is 9.10. The number of aliphatic hydroxyl groups excluding tert-OH is 1. The normalized spacial score (nSPS) is 12.7. The molecule has 0 saturated heterocycles. The number of nitrogens with zero attached hydrogens (tertiary/aromatic N) is 2. The minimum absolute atomic E-state index is 0.537. The molecule has 84 valence electrons.